The van der Waals surface area contributed by atoms with Gasteiger partial charge in [0.25, 0.3) is 0 Å². The summed E-state index contributed by atoms with van der Waals surface area (Å²) in [6.45, 7) is 17.2. The molecular formula is C32H52O6. The molecule has 0 aromatic heterocycles. The second kappa shape index (κ2) is 8.77. The van der Waals surface area contributed by atoms with Gasteiger partial charge in [-0.3, -0.25) is 4.79 Å². The van der Waals surface area contributed by atoms with E-state index in [0.29, 0.717) is 25.4 Å². The van der Waals surface area contributed by atoms with Crippen LogP contribution < -0.4 is 0 Å². The number of fused-ring (bicyclic) bond motifs is 7. The van der Waals surface area contributed by atoms with E-state index in [4.69, 9.17) is 4.74 Å². The van der Waals surface area contributed by atoms with Gasteiger partial charge in [-0.15, -0.1) is 0 Å². The summed E-state index contributed by atoms with van der Waals surface area (Å²) in [6.07, 6.45) is 4.07. The van der Waals surface area contributed by atoms with Crippen molar-refractivity contribution in [1.29, 1.82) is 0 Å². The molecule has 4 fully saturated rings. The number of esters is 1. The van der Waals surface area contributed by atoms with Crippen molar-refractivity contribution in [3.8, 4) is 0 Å². The van der Waals surface area contributed by atoms with Crippen molar-refractivity contribution in [1.82, 2.24) is 0 Å². The molecule has 4 saturated carbocycles. The first kappa shape index (κ1) is 28.6. The van der Waals surface area contributed by atoms with E-state index in [9.17, 15) is 25.2 Å². The molecule has 0 radical (unpaired) electrons. The Morgan fingerprint density at radius 3 is 2.24 bits per heavy atom. The van der Waals surface area contributed by atoms with E-state index >= 15 is 0 Å². The van der Waals surface area contributed by atoms with Crippen LogP contribution in [0.2, 0.25) is 0 Å². The molecule has 6 heteroatoms. The normalized spacial score (nSPS) is 53.3. The molecule has 0 bridgehead atoms. The number of aliphatic hydroxyl groups excluding tert-OH is 4. The van der Waals surface area contributed by atoms with Crippen LogP contribution in [-0.4, -0.2) is 57.4 Å². The summed E-state index contributed by atoms with van der Waals surface area (Å²) < 4.78 is 5.77. The van der Waals surface area contributed by atoms with E-state index in [0.717, 1.165) is 25.7 Å². The zero-order valence-corrected chi connectivity index (χ0v) is 24.8. The standard InChI is InChI=1S/C32H52O6/c1-17(2)20-13-22(35)26-31(8)10-9-19-25(30(31,7)11-12-32(20,26)16-38-18(3)33)21(34)14-24-28(4,5)27(37)23(36)15-29(19,24)6/h9,17,20-27,34-37H,10-16H2,1-8H3/t20-,21-,22+,23+,24-,25-,26-,27-,29+,30-,31+,32+/m0/s1. The Morgan fingerprint density at radius 2 is 1.63 bits per heavy atom. The second-order valence-electron chi connectivity index (χ2n) is 15.6. The Hall–Kier alpha value is -0.950. The lowest BCUT2D eigenvalue weighted by molar-refractivity contribution is -0.223. The summed E-state index contributed by atoms with van der Waals surface area (Å²) in [5.74, 6) is 0.318. The number of aliphatic hydroxyl groups is 4. The molecule has 6 nitrogen and oxygen atoms in total. The summed E-state index contributed by atoms with van der Waals surface area (Å²) in [6, 6.07) is 0. The van der Waals surface area contributed by atoms with Crippen molar-refractivity contribution >= 4 is 5.97 Å². The maximum Gasteiger partial charge on any atom is 0.302 e. The number of hydrogen-bond donors (Lipinski definition) is 4. The third-order valence-electron chi connectivity index (χ3n) is 13.4. The molecule has 0 aromatic rings. The lowest BCUT2D eigenvalue weighted by Gasteiger charge is -2.70. The molecule has 5 aliphatic rings. The van der Waals surface area contributed by atoms with Crippen molar-refractivity contribution in [2.24, 2.45) is 56.7 Å². The number of rotatable bonds is 3. The Labute approximate surface area is 229 Å². The molecule has 0 spiro atoms. The van der Waals surface area contributed by atoms with Crippen LogP contribution in [0.15, 0.2) is 11.6 Å². The molecular weight excluding hydrogens is 480 g/mol. The third-order valence-corrected chi connectivity index (χ3v) is 13.4. The topological polar surface area (TPSA) is 107 Å². The molecule has 5 aliphatic carbocycles. The van der Waals surface area contributed by atoms with Gasteiger partial charge in [-0.25, -0.2) is 0 Å². The van der Waals surface area contributed by atoms with E-state index in [1.807, 2.05) is 13.8 Å². The minimum Gasteiger partial charge on any atom is -0.465 e. The number of carbonyl (C=O) groups is 1. The highest BCUT2D eigenvalue weighted by molar-refractivity contribution is 5.66. The summed E-state index contributed by atoms with van der Waals surface area (Å²) in [5.41, 5.74) is -0.392. The fraction of sp³-hybridized carbons (Fsp3) is 0.906. The van der Waals surface area contributed by atoms with Crippen LogP contribution in [0.4, 0.5) is 0 Å². The van der Waals surface area contributed by atoms with Gasteiger partial charge in [0.2, 0.25) is 0 Å². The van der Waals surface area contributed by atoms with Crippen LogP contribution >= 0.6 is 0 Å². The number of hydrogen-bond acceptors (Lipinski definition) is 6. The first-order valence-electron chi connectivity index (χ1n) is 15.0. The minimum absolute atomic E-state index is 0.0359. The largest absolute Gasteiger partial charge is 0.465 e. The van der Waals surface area contributed by atoms with E-state index < -0.39 is 29.8 Å². The molecule has 216 valence electrons. The lowest BCUT2D eigenvalue weighted by Crippen LogP contribution is -2.68. The second-order valence-corrected chi connectivity index (χ2v) is 15.6. The Balaban J connectivity index is 1.62. The summed E-state index contributed by atoms with van der Waals surface area (Å²) >= 11 is 0. The Morgan fingerprint density at radius 1 is 0.974 bits per heavy atom. The first-order valence-corrected chi connectivity index (χ1v) is 15.0. The van der Waals surface area contributed by atoms with E-state index in [1.165, 1.54) is 12.5 Å². The molecule has 38 heavy (non-hydrogen) atoms. The van der Waals surface area contributed by atoms with Crippen molar-refractivity contribution in [2.45, 2.75) is 118 Å². The van der Waals surface area contributed by atoms with Crippen molar-refractivity contribution in [3.05, 3.63) is 11.6 Å². The number of carbonyl (C=O) groups excluding carboxylic acids is 1. The number of allylic oxidation sites excluding steroid dienone is 1. The van der Waals surface area contributed by atoms with Crippen LogP contribution in [0, 0.1) is 56.7 Å². The van der Waals surface area contributed by atoms with Gasteiger partial charge in [-0.1, -0.05) is 60.1 Å². The summed E-state index contributed by atoms with van der Waals surface area (Å²) in [5, 5.41) is 45.6. The van der Waals surface area contributed by atoms with E-state index in [-0.39, 0.29) is 51.3 Å². The van der Waals surface area contributed by atoms with Gasteiger partial charge in [-0.2, -0.15) is 0 Å². The van der Waals surface area contributed by atoms with Crippen LogP contribution in [0.5, 0.6) is 0 Å². The fourth-order valence-electron chi connectivity index (χ4n) is 11.6. The molecule has 0 amide bonds. The number of ether oxygens (including phenoxy) is 1. The van der Waals surface area contributed by atoms with Crippen LogP contribution in [0.3, 0.4) is 0 Å². The quantitative estimate of drug-likeness (QED) is 0.315. The van der Waals surface area contributed by atoms with E-state index in [1.54, 1.807) is 0 Å². The molecule has 4 N–H and O–H groups in total. The minimum atomic E-state index is -0.812. The molecule has 0 heterocycles. The highest BCUT2D eigenvalue weighted by atomic mass is 16.5. The molecule has 0 saturated heterocycles. The summed E-state index contributed by atoms with van der Waals surface area (Å²) in [7, 11) is 0. The molecule has 5 rings (SSSR count). The van der Waals surface area contributed by atoms with Gasteiger partial charge in [-0.05, 0) is 77.9 Å². The zero-order valence-electron chi connectivity index (χ0n) is 24.8. The van der Waals surface area contributed by atoms with Crippen LogP contribution in [0.25, 0.3) is 0 Å². The highest BCUT2D eigenvalue weighted by Gasteiger charge is 2.73. The smallest absolute Gasteiger partial charge is 0.302 e. The monoisotopic (exact) mass is 532 g/mol. The van der Waals surface area contributed by atoms with Gasteiger partial charge in [0.1, 0.15) is 0 Å². The summed E-state index contributed by atoms with van der Waals surface area (Å²) in [4.78, 5) is 12.0. The predicted octanol–water partition coefficient (Wildman–Crippen LogP) is 4.48. The average Bonchev–Trinajstić information content (AvgIpc) is 3.12. The lowest BCUT2D eigenvalue weighted by atomic mass is 9.35. The molecule has 0 aromatic carbocycles. The van der Waals surface area contributed by atoms with E-state index in [2.05, 4.69) is 40.7 Å². The van der Waals surface area contributed by atoms with Crippen molar-refractivity contribution in [3.63, 3.8) is 0 Å². The van der Waals surface area contributed by atoms with Gasteiger partial charge in [0.15, 0.2) is 0 Å². The van der Waals surface area contributed by atoms with Crippen molar-refractivity contribution < 1.29 is 30.0 Å². The maximum absolute atomic E-state index is 12.0. The first-order chi connectivity index (χ1) is 17.5. The SMILES string of the molecule is CC(=O)OC[C@@]12CC[C@@]3(C)[C@H]4C(=CC[C@]3(C)[C@@H]1[C@H](O)C[C@H]2C(C)C)[C@@]1(C)C[C@@H](O)[C@H](O)C(C)(C)[C@@H]1C[C@@H]4O. The molecule has 0 unspecified atom stereocenters. The maximum atomic E-state index is 12.0. The average molecular weight is 533 g/mol. The van der Waals surface area contributed by atoms with Crippen molar-refractivity contribution in [2.75, 3.05) is 6.61 Å². The van der Waals surface area contributed by atoms with Crippen LogP contribution in [-0.2, 0) is 9.53 Å². The highest BCUT2D eigenvalue weighted by Crippen LogP contribution is 2.76. The fourth-order valence-corrected chi connectivity index (χ4v) is 11.6. The van der Waals surface area contributed by atoms with Gasteiger partial charge in [0.05, 0.1) is 31.0 Å². The zero-order chi connectivity index (χ0) is 28.2. The van der Waals surface area contributed by atoms with Crippen LogP contribution in [0.1, 0.15) is 93.9 Å². The molecule has 0 aliphatic heterocycles. The Bertz CT molecular complexity index is 1000. The predicted molar refractivity (Wildman–Crippen MR) is 146 cm³/mol. The Kier molecular flexibility index (Phi) is 6.60. The van der Waals surface area contributed by atoms with Gasteiger partial charge >= 0.3 is 5.97 Å². The molecule has 12 atom stereocenters. The van der Waals surface area contributed by atoms with Gasteiger partial charge < -0.3 is 25.2 Å². The third kappa shape index (κ3) is 3.48. The van der Waals surface area contributed by atoms with Gasteiger partial charge in [0, 0.05) is 24.2 Å².